The van der Waals surface area contributed by atoms with E-state index in [2.05, 4.69) is 53.4 Å². The molecule has 2 aliphatic heterocycles. The molecule has 4 aromatic rings. The Bertz CT molecular complexity index is 1950. The highest BCUT2D eigenvalue weighted by molar-refractivity contribution is 7.82. The maximum atomic E-state index is 14.0. The molecule has 0 radical (unpaired) electrons. The third-order valence-corrected chi connectivity index (χ3v) is 11.8. The third-order valence-electron chi connectivity index (χ3n) is 10.3. The zero-order valence-electron chi connectivity index (χ0n) is 31.6. The maximum absolute atomic E-state index is 14.0. The fourth-order valence-corrected chi connectivity index (χ4v) is 8.48. The molecular weight excluding hydrogens is 689 g/mol. The minimum Gasteiger partial charge on any atom is -0.488 e. The van der Waals surface area contributed by atoms with Crippen LogP contribution in [0.2, 0.25) is 0 Å². The number of para-hydroxylation sites is 1. The predicted molar refractivity (Wildman–Crippen MR) is 210 cm³/mol. The van der Waals surface area contributed by atoms with Crippen LogP contribution in [0.5, 0.6) is 5.75 Å². The Hall–Kier alpha value is -4.56. The summed E-state index contributed by atoms with van der Waals surface area (Å²) in [6.07, 6.45) is 3.84. The second kappa shape index (κ2) is 16.2. The Morgan fingerprint density at radius 1 is 1.08 bits per heavy atom. The van der Waals surface area contributed by atoms with Crippen LogP contribution in [0, 0.1) is 13.8 Å². The largest absolute Gasteiger partial charge is 0.488 e. The number of hydrogen-bond donors (Lipinski definition) is 3. The number of carbonyl (C=O) groups excluding carboxylic acids is 1. The number of benzene rings is 3. The number of aryl methyl sites for hydroxylation is 1. The highest BCUT2D eigenvalue weighted by atomic mass is 32.2. The van der Waals surface area contributed by atoms with Gasteiger partial charge in [-0.05, 0) is 87.1 Å². The number of ether oxygens (including phenoxy) is 2. The van der Waals surface area contributed by atoms with Crippen molar-refractivity contribution >= 4 is 34.2 Å². The average Bonchev–Trinajstić information content (AvgIpc) is 3.30. The molecule has 5 N–H and O–H groups in total. The molecule has 3 heterocycles. The lowest BCUT2D eigenvalue weighted by Gasteiger charge is -2.38. The van der Waals surface area contributed by atoms with Gasteiger partial charge in [0.15, 0.2) is 0 Å². The fraction of sp³-hybridized carbons (Fsp3) is 0.425. The summed E-state index contributed by atoms with van der Waals surface area (Å²) >= 11 is 0. The van der Waals surface area contributed by atoms with Crippen molar-refractivity contribution in [2.45, 2.75) is 77.0 Å². The van der Waals surface area contributed by atoms with Crippen LogP contribution in [0.1, 0.15) is 78.2 Å². The quantitative estimate of drug-likeness (QED) is 0.106. The van der Waals surface area contributed by atoms with Crippen LogP contribution in [0.25, 0.3) is 0 Å². The van der Waals surface area contributed by atoms with Gasteiger partial charge in [0, 0.05) is 56.6 Å². The molecule has 6 rings (SSSR count). The predicted octanol–water partition coefficient (Wildman–Crippen LogP) is 5.25. The third kappa shape index (κ3) is 8.18. The van der Waals surface area contributed by atoms with Crippen LogP contribution in [0.4, 0.5) is 17.3 Å². The number of hydrogen-bond acceptors (Lipinski definition) is 10. The van der Waals surface area contributed by atoms with Gasteiger partial charge in [0.25, 0.3) is 5.91 Å². The first-order chi connectivity index (χ1) is 25.4. The number of nitrogens with one attached hydrogen (secondary N) is 1. The molecule has 282 valence electrons. The molecule has 1 saturated heterocycles. The Morgan fingerprint density at radius 3 is 2.49 bits per heavy atom. The van der Waals surface area contributed by atoms with Crippen molar-refractivity contribution in [2.24, 2.45) is 5.84 Å². The second-order valence-electron chi connectivity index (χ2n) is 14.3. The summed E-state index contributed by atoms with van der Waals surface area (Å²) in [5.41, 5.74) is 12.6. The number of aromatic nitrogens is 2. The van der Waals surface area contributed by atoms with Gasteiger partial charge in [0.2, 0.25) is 5.95 Å². The van der Waals surface area contributed by atoms with Crippen molar-refractivity contribution in [3.63, 3.8) is 0 Å². The minimum absolute atomic E-state index is 0.103. The van der Waals surface area contributed by atoms with Crippen molar-refractivity contribution in [2.75, 3.05) is 55.0 Å². The van der Waals surface area contributed by atoms with Crippen LogP contribution >= 0.6 is 0 Å². The Labute approximate surface area is 315 Å². The van der Waals surface area contributed by atoms with E-state index in [1.54, 1.807) is 17.4 Å². The van der Waals surface area contributed by atoms with E-state index in [-0.39, 0.29) is 17.9 Å². The molecule has 1 fully saturated rings. The summed E-state index contributed by atoms with van der Waals surface area (Å²) in [4.78, 5) is 25.7. The van der Waals surface area contributed by atoms with Gasteiger partial charge >= 0.3 is 0 Å². The molecule has 1 amide bonds. The van der Waals surface area contributed by atoms with E-state index in [4.69, 9.17) is 21.1 Å². The molecule has 3 aromatic carbocycles. The number of nitrogens with zero attached hydrogens (tertiary/aromatic N) is 5. The number of anilines is 3. The van der Waals surface area contributed by atoms with Gasteiger partial charge in [-0.2, -0.15) is 0 Å². The van der Waals surface area contributed by atoms with E-state index in [9.17, 15) is 9.00 Å². The lowest BCUT2D eigenvalue weighted by atomic mass is 9.74. The zero-order chi connectivity index (χ0) is 37.9. The number of amides is 1. The number of carbonyl (C=O) groups is 1. The molecule has 1 aromatic heterocycles. The Morgan fingerprint density at radius 2 is 1.79 bits per heavy atom. The van der Waals surface area contributed by atoms with E-state index in [0.717, 1.165) is 39.9 Å². The van der Waals surface area contributed by atoms with Crippen molar-refractivity contribution in [1.82, 2.24) is 19.6 Å². The number of fused-ring (bicyclic) bond motifs is 1. The summed E-state index contributed by atoms with van der Waals surface area (Å²) in [6.45, 7) is 16.4. The van der Waals surface area contributed by atoms with Crippen molar-refractivity contribution < 1.29 is 18.5 Å². The smallest absolute Gasteiger partial charge is 0.254 e. The number of hydrazine groups is 1. The SMILES string of the molecule is CC[C@@H]1CN(Cc2cc(C(c3ccc(N(N)CC)c(N)c3C)C(C)(C)NC(=O)c3cnc(N4CCOCC4)nc3)ccc2C)S(=O)c2ccccc2O1. The number of rotatable bonds is 11. The van der Waals surface area contributed by atoms with E-state index in [1.165, 1.54) is 0 Å². The van der Waals surface area contributed by atoms with E-state index in [0.29, 0.717) is 73.8 Å². The van der Waals surface area contributed by atoms with Gasteiger partial charge in [-0.1, -0.05) is 43.3 Å². The summed E-state index contributed by atoms with van der Waals surface area (Å²) in [5, 5.41) is 4.95. The minimum atomic E-state index is -1.42. The van der Waals surface area contributed by atoms with Gasteiger partial charge in [-0.25, -0.2) is 24.3 Å². The molecule has 3 atom stereocenters. The fourth-order valence-electron chi connectivity index (χ4n) is 7.16. The van der Waals surface area contributed by atoms with E-state index < -0.39 is 16.5 Å². The van der Waals surface area contributed by atoms with Crippen LogP contribution in [0.3, 0.4) is 0 Å². The van der Waals surface area contributed by atoms with Crippen LogP contribution in [-0.2, 0) is 22.3 Å². The summed E-state index contributed by atoms with van der Waals surface area (Å²) < 4.78 is 27.8. The molecule has 53 heavy (non-hydrogen) atoms. The molecule has 2 unspecified atom stereocenters. The molecule has 0 bridgehead atoms. The van der Waals surface area contributed by atoms with Crippen molar-refractivity contribution in [1.29, 1.82) is 0 Å². The first kappa shape index (κ1) is 38.2. The first-order valence-corrected chi connectivity index (χ1v) is 19.4. The topological polar surface area (TPSA) is 152 Å². The molecule has 0 saturated carbocycles. The first-order valence-electron chi connectivity index (χ1n) is 18.3. The molecular formula is C40H52N8O4S. The standard InChI is InChI=1S/C40H52N8O4S/c1-7-31-25-47(53(50)35-12-10-9-11-34(35)52-31)24-29-21-28(14-13-26(29)3)36(32-15-16-33(48(42)8-2)37(41)27(32)4)40(5,6)45-38(49)30-22-43-39(44-23-30)46-17-19-51-20-18-46/h9-16,21-23,31,36H,7-8,17-20,24-25,41-42H2,1-6H3,(H,45,49)/t31-,36?,53?/m1/s1. The zero-order valence-corrected chi connectivity index (χ0v) is 32.4. The van der Waals surface area contributed by atoms with Gasteiger partial charge in [0.1, 0.15) is 22.8 Å². The van der Waals surface area contributed by atoms with Crippen LogP contribution in [-0.4, -0.2) is 75.4 Å². The molecule has 13 heteroatoms. The van der Waals surface area contributed by atoms with Crippen LogP contribution < -0.4 is 31.5 Å². The Balaban J connectivity index is 1.37. The highest BCUT2D eigenvalue weighted by Crippen LogP contribution is 2.41. The average molecular weight is 741 g/mol. The molecule has 12 nitrogen and oxygen atoms in total. The van der Waals surface area contributed by atoms with Crippen LogP contribution in [0.15, 0.2) is 71.9 Å². The lowest BCUT2D eigenvalue weighted by molar-refractivity contribution is 0.0905. The summed E-state index contributed by atoms with van der Waals surface area (Å²) in [6, 6.07) is 18.0. The number of morpholine rings is 1. The second-order valence-corrected chi connectivity index (χ2v) is 15.8. The van der Waals surface area contributed by atoms with Gasteiger partial charge < -0.3 is 30.4 Å². The normalized spacial score (nSPS) is 18.4. The summed E-state index contributed by atoms with van der Waals surface area (Å²) in [7, 11) is -1.42. The van der Waals surface area contributed by atoms with Gasteiger partial charge in [-0.15, -0.1) is 0 Å². The van der Waals surface area contributed by atoms with Crippen molar-refractivity contribution in [3.8, 4) is 5.75 Å². The van der Waals surface area contributed by atoms with Crippen molar-refractivity contribution in [3.05, 3.63) is 100 Å². The highest BCUT2D eigenvalue weighted by Gasteiger charge is 2.37. The Kier molecular flexibility index (Phi) is 11.7. The van der Waals surface area contributed by atoms with Gasteiger partial charge in [-0.3, -0.25) is 4.79 Å². The van der Waals surface area contributed by atoms with E-state index >= 15 is 0 Å². The molecule has 0 aliphatic carbocycles. The molecule has 2 aliphatic rings. The van der Waals surface area contributed by atoms with Gasteiger partial charge in [0.05, 0.1) is 35.0 Å². The maximum Gasteiger partial charge on any atom is 0.254 e. The number of nitrogen functional groups attached to an aromatic ring is 1. The lowest BCUT2D eigenvalue weighted by Crippen LogP contribution is -2.48. The molecule has 0 spiro atoms. The monoisotopic (exact) mass is 740 g/mol. The summed E-state index contributed by atoms with van der Waals surface area (Å²) in [5.74, 6) is 6.92. The van der Waals surface area contributed by atoms with E-state index in [1.807, 2.05) is 67.2 Å². The number of nitrogens with two attached hydrogens (primary N) is 2.